The molecule has 1 aliphatic heterocycles. The summed E-state index contributed by atoms with van der Waals surface area (Å²) in [5, 5.41) is 57.5. The van der Waals surface area contributed by atoms with Crippen LogP contribution >= 0.6 is 11.3 Å². The topological polar surface area (TPSA) is 456 Å². The molecule has 0 amide bonds. The number of ketones is 2. The minimum atomic E-state index is -0.0897. The SMILES string of the molecule is C=C(O)c1ccc(-c2ccc3c(N)n[nH]c3c2)o1.C=C(O)c1ccc(-c2ccc3c(c2)C(N)=NC3)s1.C=C(OC)c1ccc(-c2ccc3[nH]nc(N)c3c2)o1.COc1cccc(CC(=O)CN=Cc2ccc3n[nH]c(C)c3c2)c1.Cc1cccc(CC(=O)CN=Cc2ccc3[nH]nc(N)c3c2)c1.Cc1cnc(-c2ccc3[nH]nc(N)c3c2)o1. The van der Waals surface area contributed by atoms with Gasteiger partial charge in [-0.05, 0) is 182 Å². The molecule has 0 atom stereocenters. The van der Waals surface area contributed by atoms with E-state index in [-0.39, 0.29) is 36.2 Å². The van der Waals surface area contributed by atoms with Crippen molar-refractivity contribution in [2.45, 2.75) is 40.2 Å². The number of oxazole rings is 1. The first kappa shape index (κ1) is 80.4. The van der Waals surface area contributed by atoms with Crippen LogP contribution in [0.3, 0.4) is 0 Å². The van der Waals surface area contributed by atoms with Gasteiger partial charge < -0.3 is 61.6 Å². The number of ether oxygens (including phenoxy) is 2. The van der Waals surface area contributed by atoms with Crippen molar-refractivity contribution < 1.29 is 42.5 Å². The van der Waals surface area contributed by atoms with Gasteiger partial charge >= 0.3 is 0 Å². The van der Waals surface area contributed by atoms with E-state index in [0.717, 1.165) is 143 Å². The summed E-state index contributed by atoms with van der Waals surface area (Å²) in [4.78, 5) is 42.8. The summed E-state index contributed by atoms with van der Waals surface area (Å²) in [6.07, 6.45) is 5.88. The van der Waals surface area contributed by atoms with Crippen LogP contribution in [0.4, 0.5) is 23.3 Å². The number of benzene rings is 8. The van der Waals surface area contributed by atoms with E-state index in [9.17, 15) is 19.8 Å². The number of hydrogen-bond donors (Lipinski definition) is 12. The van der Waals surface area contributed by atoms with Crippen molar-refractivity contribution in [1.82, 2.24) is 56.0 Å². The molecule has 0 bridgehead atoms. The first-order valence-electron chi connectivity index (χ1n) is 36.8. The van der Waals surface area contributed by atoms with E-state index in [1.54, 1.807) is 45.0 Å². The number of carbonyl (C=O) groups excluding carboxylic acids is 2. The standard InChI is InChI=1S/C19H19N3O2.C18H18N4O.C14H13N3O2.C14H12N2OS.C13H11N3O2.C11H10N4O/c1-13-18-10-15(6-7-19(18)22-21-13)11-20-12-16(23)8-14-4-3-5-17(9-14)24-2;1-12-3-2-4-13(7-12)8-15(23)11-20-10-14-5-6-17-16(9-14)18(19)22-21-17;1-8(18-2)12-5-6-13(19-12)9-3-4-11-10(7-9)14(15)17-16-11;1-8(17)12-4-5-13(18-12)9-2-3-10-7-16-14(15)11(10)6-9;1-7(17)11-4-5-12(18-11)8-2-3-9-10(6-8)15-16-13(9)14;1-6-5-13-11(16-6)7-2-3-9-8(4-7)10(12)15-14-9/h3-7,9-11H,8,12H2,1-2H3,(H,21,22);2-7,9-10H,8,11H2,1H3,(H3,19,21,22);3-7H,1H2,2H3,(H3,15,16,17);2-6,17H,1,7H2,(H2,15,16);2-6,17H,1H2,(H3,14,15,16);2-5H,1H3,(H3,12,14,15). The third kappa shape index (κ3) is 19.7. The monoisotopic (exact) mass is 1590 g/mol. The van der Waals surface area contributed by atoms with E-state index in [1.165, 1.54) is 16.9 Å². The quantitative estimate of drug-likeness (QED) is 0.0264. The van der Waals surface area contributed by atoms with Crippen LogP contribution in [-0.4, -0.2) is 123 Å². The Morgan fingerprint density at radius 3 is 1.69 bits per heavy atom. The van der Waals surface area contributed by atoms with Crippen LogP contribution in [0.1, 0.15) is 66.8 Å². The Hall–Kier alpha value is -15.7. The summed E-state index contributed by atoms with van der Waals surface area (Å²) in [6.45, 7) is 17.6. The second-order valence-corrected chi connectivity index (χ2v) is 28.3. The Labute approximate surface area is 679 Å². The molecule has 594 valence electrons. The molecule has 1 aliphatic rings. The fraction of sp³-hybridized carbons (Fsp3) is 0.112. The molecule has 0 unspecified atom stereocenters. The fourth-order valence-electron chi connectivity index (χ4n) is 12.5. The van der Waals surface area contributed by atoms with Gasteiger partial charge in [-0.15, -0.1) is 11.3 Å². The molecule has 118 heavy (non-hydrogen) atoms. The summed E-state index contributed by atoms with van der Waals surface area (Å²) in [6, 6.07) is 61.5. The summed E-state index contributed by atoms with van der Waals surface area (Å²) in [7, 11) is 3.17. The van der Waals surface area contributed by atoms with Gasteiger partial charge in [-0.25, -0.2) is 4.98 Å². The number of fused-ring (bicyclic) bond motifs is 6. The minimum absolute atomic E-state index is 0.0695. The van der Waals surface area contributed by atoms with Crippen LogP contribution in [0.5, 0.6) is 5.75 Å². The molecule has 29 heteroatoms. The molecule has 0 radical (unpaired) electrons. The van der Waals surface area contributed by atoms with Crippen molar-refractivity contribution in [3.05, 3.63) is 287 Å². The number of H-pyrrole nitrogens is 5. The first-order chi connectivity index (χ1) is 57.0. The van der Waals surface area contributed by atoms with Crippen molar-refractivity contribution in [2.75, 3.05) is 50.2 Å². The lowest BCUT2D eigenvalue weighted by Crippen LogP contribution is -2.10. The smallest absolute Gasteiger partial charge is 0.226 e. The van der Waals surface area contributed by atoms with Gasteiger partial charge in [-0.3, -0.25) is 50.1 Å². The first-order valence-corrected chi connectivity index (χ1v) is 37.6. The normalized spacial score (nSPS) is 11.4. The average Bonchev–Trinajstić information content (AvgIpc) is 1.69. The number of aryl methyl sites for hydroxylation is 3. The van der Waals surface area contributed by atoms with Gasteiger partial charge in [0.1, 0.15) is 34.6 Å². The Balaban J connectivity index is 0.000000123. The second-order valence-electron chi connectivity index (χ2n) is 27.2. The van der Waals surface area contributed by atoms with E-state index >= 15 is 0 Å². The van der Waals surface area contributed by atoms with Gasteiger partial charge in [0.2, 0.25) is 5.89 Å². The largest absolute Gasteiger partial charge is 0.507 e. The van der Waals surface area contributed by atoms with Crippen molar-refractivity contribution in [1.29, 1.82) is 0 Å². The van der Waals surface area contributed by atoms with E-state index in [2.05, 4.69) is 109 Å². The maximum atomic E-state index is 12.1. The van der Waals surface area contributed by atoms with Crippen LogP contribution in [-0.2, 0) is 33.7 Å². The number of thiophene rings is 1. The fourth-order valence-corrected chi connectivity index (χ4v) is 13.4. The number of rotatable bonds is 19. The zero-order valence-electron chi connectivity index (χ0n) is 64.9. The number of hydrogen-bond acceptors (Lipinski definition) is 24. The van der Waals surface area contributed by atoms with Gasteiger partial charge in [-0.1, -0.05) is 92.0 Å². The lowest BCUT2D eigenvalue weighted by atomic mass is 10.0. The summed E-state index contributed by atoms with van der Waals surface area (Å²) in [5.41, 5.74) is 45.3. The van der Waals surface area contributed by atoms with Gasteiger partial charge in [0, 0.05) is 85.0 Å². The molecule has 0 spiro atoms. The predicted octanol–water partition coefficient (Wildman–Crippen LogP) is 17.0. The van der Waals surface area contributed by atoms with Crippen molar-refractivity contribution >= 4 is 136 Å². The highest BCUT2D eigenvalue weighted by Crippen LogP contribution is 2.35. The Morgan fingerprint density at radius 2 is 1.08 bits per heavy atom. The number of aromatic amines is 5. The number of Topliss-reactive ketones (excluding diaryl/α,β-unsaturated/α-hetero) is 2. The molecule has 28 nitrogen and oxygen atoms in total. The number of nitrogen functional groups attached to an aromatic ring is 4. The third-order valence-corrected chi connectivity index (χ3v) is 19.8. The van der Waals surface area contributed by atoms with Crippen molar-refractivity contribution in [3.8, 4) is 50.3 Å². The molecule has 18 rings (SSSR count). The number of furan rings is 2. The lowest BCUT2D eigenvalue weighted by molar-refractivity contribution is -0.117. The number of amidine groups is 1. The Morgan fingerprint density at radius 1 is 0.525 bits per heavy atom. The van der Waals surface area contributed by atoms with Gasteiger partial charge in [0.15, 0.2) is 57.9 Å². The predicted molar refractivity (Wildman–Crippen MR) is 469 cm³/mol. The van der Waals surface area contributed by atoms with Gasteiger partial charge in [0.05, 0.1) is 72.5 Å². The van der Waals surface area contributed by atoms with E-state index in [0.29, 0.717) is 77.4 Å². The number of anilines is 4. The highest BCUT2D eigenvalue weighted by Gasteiger charge is 2.18. The van der Waals surface area contributed by atoms with Crippen LogP contribution in [0, 0.1) is 20.8 Å². The van der Waals surface area contributed by atoms with Crippen LogP contribution in [0.25, 0.3) is 116 Å². The molecule has 9 aromatic heterocycles. The highest BCUT2D eigenvalue weighted by atomic mass is 32.1. The van der Waals surface area contributed by atoms with Gasteiger partial charge in [0.25, 0.3) is 0 Å². The number of methoxy groups -OCH3 is 2. The van der Waals surface area contributed by atoms with Gasteiger partial charge in [-0.2, -0.15) is 25.5 Å². The molecule has 0 fully saturated rings. The molecule has 0 saturated carbocycles. The van der Waals surface area contributed by atoms with Crippen molar-refractivity contribution in [3.63, 3.8) is 0 Å². The highest BCUT2D eigenvalue weighted by molar-refractivity contribution is 7.16. The van der Waals surface area contributed by atoms with Crippen LogP contribution in [0.2, 0.25) is 0 Å². The third-order valence-electron chi connectivity index (χ3n) is 18.6. The molecule has 17 N–H and O–H groups in total. The number of carbonyl (C=O) groups is 2. The minimum Gasteiger partial charge on any atom is -0.507 e. The average molecular weight is 1590 g/mol. The molecular formula is C89H83N19O9S. The number of nitrogens with one attached hydrogen (secondary N) is 5. The summed E-state index contributed by atoms with van der Waals surface area (Å²) >= 11 is 1.51. The molecule has 0 saturated heterocycles. The maximum absolute atomic E-state index is 12.1. The Bertz CT molecular complexity index is 6630. The number of aliphatic hydroxyl groups excluding tert-OH is 2. The van der Waals surface area contributed by atoms with Crippen LogP contribution in [0.15, 0.2) is 248 Å². The molecule has 17 aromatic rings. The number of aliphatic hydroxyl groups is 2. The lowest BCUT2D eigenvalue weighted by Gasteiger charge is -2.03. The summed E-state index contributed by atoms with van der Waals surface area (Å²) in [5.74, 6) is 7.67. The van der Waals surface area contributed by atoms with E-state index in [4.69, 9.17) is 51.4 Å². The zero-order valence-corrected chi connectivity index (χ0v) is 65.8. The molecule has 10 heterocycles. The molecule has 0 aliphatic carbocycles. The number of nitrogens with zero attached hydrogens (tertiary/aromatic N) is 9. The molecular weight excluding hydrogens is 1510 g/mol. The number of nitrogens with two attached hydrogens (primary N) is 5. The van der Waals surface area contributed by atoms with E-state index < -0.39 is 0 Å². The second kappa shape index (κ2) is 36.4. The molecule has 8 aromatic carbocycles. The summed E-state index contributed by atoms with van der Waals surface area (Å²) < 4.78 is 26.8. The van der Waals surface area contributed by atoms with E-state index in [1.807, 2.05) is 185 Å². The van der Waals surface area contributed by atoms with Crippen LogP contribution < -0.4 is 33.4 Å². The number of aliphatic imine (C=N–C) groups is 3. The Kier molecular flexibility index (Phi) is 24.8. The van der Waals surface area contributed by atoms with Crippen molar-refractivity contribution in [2.24, 2.45) is 20.7 Å². The maximum Gasteiger partial charge on any atom is 0.226 e. The zero-order chi connectivity index (χ0) is 83.1. The number of aromatic nitrogens is 11.